The number of halogens is 1. The second-order valence-corrected chi connectivity index (χ2v) is 5.98. The molecule has 0 unspecified atom stereocenters. The van der Waals surface area contributed by atoms with Crippen LogP contribution in [0.4, 0.5) is 5.69 Å². The third-order valence-corrected chi connectivity index (χ3v) is 3.83. The zero-order chi connectivity index (χ0) is 15.0. The number of nitrogens with one attached hydrogen (secondary N) is 1. The molecule has 2 aromatic carbocycles. The van der Waals surface area contributed by atoms with Gasteiger partial charge in [0.25, 0.3) is 5.91 Å². The van der Waals surface area contributed by atoms with Crippen molar-refractivity contribution >= 4 is 38.5 Å². The lowest BCUT2D eigenvalue weighted by molar-refractivity contribution is 0.0998. The van der Waals surface area contributed by atoms with Crippen LogP contribution in [0.15, 0.2) is 51.4 Å². The molecule has 0 radical (unpaired) electrons. The summed E-state index contributed by atoms with van der Waals surface area (Å²) >= 11 is 3.41. The predicted octanol–water partition coefficient (Wildman–Crippen LogP) is 5.06. The Kier molecular flexibility index (Phi) is 3.55. The van der Waals surface area contributed by atoms with E-state index in [-0.39, 0.29) is 5.91 Å². The van der Waals surface area contributed by atoms with Gasteiger partial charge in [-0.2, -0.15) is 0 Å². The van der Waals surface area contributed by atoms with Gasteiger partial charge in [-0.3, -0.25) is 4.79 Å². The third kappa shape index (κ3) is 2.85. The van der Waals surface area contributed by atoms with E-state index in [1.165, 1.54) is 0 Å². The first-order valence-corrected chi connectivity index (χ1v) is 7.40. The van der Waals surface area contributed by atoms with E-state index < -0.39 is 0 Å². The number of anilines is 1. The molecule has 0 atom stereocenters. The fraction of sp³-hybridized carbons (Fsp3) is 0.118. The van der Waals surface area contributed by atoms with Crippen LogP contribution in [0.25, 0.3) is 11.0 Å². The van der Waals surface area contributed by atoms with Crippen LogP contribution >= 0.6 is 15.9 Å². The number of rotatable bonds is 2. The fourth-order valence-electron chi connectivity index (χ4n) is 2.23. The molecular formula is C17H14BrNO2. The number of fused-ring (bicyclic) bond motifs is 1. The molecular weight excluding hydrogens is 330 g/mol. The number of hydrogen-bond acceptors (Lipinski definition) is 2. The van der Waals surface area contributed by atoms with E-state index in [1.54, 1.807) is 6.07 Å². The molecule has 1 amide bonds. The van der Waals surface area contributed by atoms with Gasteiger partial charge < -0.3 is 9.73 Å². The van der Waals surface area contributed by atoms with Crippen LogP contribution in [0.1, 0.15) is 21.7 Å². The van der Waals surface area contributed by atoms with Gasteiger partial charge in [-0.25, -0.2) is 0 Å². The Morgan fingerprint density at radius 3 is 2.67 bits per heavy atom. The zero-order valence-electron chi connectivity index (χ0n) is 11.7. The standard InChI is InChI=1S/C17H14BrNO2/c1-10-3-6-15-12(7-10)9-16(21-15)17(20)19-14-5-4-13(18)8-11(14)2/h3-9H,1-2H3,(H,19,20). The largest absolute Gasteiger partial charge is 0.451 e. The Balaban J connectivity index is 1.89. The highest BCUT2D eigenvalue weighted by Gasteiger charge is 2.13. The SMILES string of the molecule is Cc1ccc2oc(C(=O)Nc3ccc(Br)cc3C)cc2c1. The highest BCUT2D eigenvalue weighted by molar-refractivity contribution is 9.10. The highest BCUT2D eigenvalue weighted by Crippen LogP contribution is 2.23. The minimum atomic E-state index is -0.241. The van der Waals surface area contributed by atoms with E-state index in [4.69, 9.17) is 4.42 Å². The molecule has 106 valence electrons. The Morgan fingerprint density at radius 1 is 1.10 bits per heavy atom. The molecule has 4 heteroatoms. The van der Waals surface area contributed by atoms with Crippen LogP contribution in [0.5, 0.6) is 0 Å². The molecule has 0 fully saturated rings. The minimum absolute atomic E-state index is 0.241. The van der Waals surface area contributed by atoms with E-state index in [0.29, 0.717) is 5.76 Å². The van der Waals surface area contributed by atoms with Gasteiger partial charge in [0.2, 0.25) is 0 Å². The van der Waals surface area contributed by atoms with E-state index in [0.717, 1.165) is 32.3 Å². The van der Waals surface area contributed by atoms with Gasteiger partial charge in [-0.05, 0) is 55.8 Å². The van der Waals surface area contributed by atoms with Crippen LogP contribution in [0, 0.1) is 13.8 Å². The van der Waals surface area contributed by atoms with Crippen molar-refractivity contribution in [3.8, 4) is 0 Å². The molecule has 3 nitrogen and oxygen atoms in total. The molecule has 0 aliphatic rings. The van der Waals surface area contributed by atoms with Crippen molar-refractivity contribution < 1.29 is 9.21 Å². The zero-order valence-corrected chi connectivity index (χ0v) is 13.3. The van der Waals surface area contributed by atoms with E-state index in [2.05, 4.69) is 21.2 Å². The summed E-state index contributed by atoms with van der Waals surface area (Å²) in [7, 11) is 0. The first kappa shape index (κ1) is 13.9. The van der Waals surface area contributed by atoms with E-state index in [9.17, 15) is 4.79 Å². The number of aryl methyl sites for hydroxylation is 2. The maximum atomic E-state index is 12.3. The molecule has 1 heterocycles. The van der Waals surface area contributed by atoms with Crippen molar-refractivity contribution in [3.05, 3.63) is 63.8 Å². The van der Waals surface area contributed by atoms with Gasteiger partial charge in [-0.1, -0.05) is 27.6 Å². The summed E-state index contributed by atoms with van der Waals surface area (Å²) in [6.07, 6.45) is 0. The Labute approximate surface area is 131 Å². The topological polar surface area (TPSA) is 42.2 Å². The monoisotopic (exact) mass is 343 g/mol. The summed E-state index contributed by atoms with van der Waals surface area (Å²) in [6.45, 7) is 3.96. The molecule has 21 heavy (non-hydrogen) atoms. The number of furan rings is 1. The number of carbonyl (C=O) groups excluding carboxylic acids is 1. The summed E-state index contributed by atoms with van der Waals surface area (Å²) in [4.78, 5) is 12.3. The van der Waals surface area contributed by atoms with E-state index in [1.807, 2.05) is 50.2 Å². The molecule has 3 aromatic rings. The molecule has 0 spiro atoms. The van der Waals surface area contributed by atoms with Crippen LogP contribution in [-0.2, 0) is 0 Å². The van der Waals surface area contributed by atoms with Crippen molar-refractivity contribution in [3.63, 3.8) is 0 Å². The summed E-state index contributed by atoms with van der Waals surface area (Å²) in [5.41, 5.74) is 3.63. The van der Waals surface area contributed by atoms with Gasteiger partial charge in [0.05, 0.1) is 0 Å². The summed E-state index contributed by atoms with van der Waals surface area (Å²) in [5.74, 6) is 0.0761. The van der Waals surface area contributed by atoms with E-state index >= 15 is 0 Å². The van der Waals surface area contributed by atoms with Crippen molar-refractivity contribution in [1.29, 1.82) is 0 Å². The van der Waals surface area contributed by atoms with Crippen molar-refractivity contribution in [1.82, 2.24) is 0 Å². The lowest BCUT2D eigenvalue weighted by Gasteiger charge is -2.07. The molecule has 0 aliphatic carbocycles. The van der Waals surface area contributed by atoms with Crippen LogP contribution in [-0.4, -0.2) is 5.91 Å². The van der Waals surface area contributed by atoms with Crippen LogP contribution in [0.2, 0.25) is 0 Å². The first-order valence-electron chi connectivity index (χ1n) is 6.60. The summed E-state index contributed by atoms with van der Waals surface area (Å²) in [5, 5.41) is 3.81. The molecule has 0 saturated heterocycles. The van der Waals surface area contributed by atoms with Crippen molar-refractivity contribution in [2.45, 2.75) is 13.8 Å². The quantitative estimate of drug-likeness (QED) is 0.706. The maximum Gasteiger partial charge on any atom is 0.291 e. The second-order valence-electron chi connectivity index (χ2n) is 5.07. The molecule has 0 aliphatic heterocycles. The predicted molar refractivity (Wildman–Crippen MR) is 87.8 cm³/mol. The lowest BCUT2D eigenvalue weighted by Crippen LogP contribution is -2.11. The lowest BCUT2D eigenvalue weighted by atomic mass is 10.2. The Morgan fingerprint density at radius 2 is 1.90 bits per heavy atom. The summed E-state index contributed by atoms with van der Waals surface area (Å²) in [6, 6.07) is 13.3. The average molecular weight is 344 g/mol. The average Bonchev–Trinajstić information content (AvgIpc) is 2.85. The highest BCUT2D eigenvalue weighted by atomic mass is 79.9. The first-order chi connectivity index (χ1) is 10.0. The molecule has 1 aromatic heterocycles. The minimum Gasteiger partial charge on any atom is -0.451 e. The molecule has 0 bridgehead atoms. The fourth-order valence-corrected chi connectivity index (χ4v) is 2.70. The van der Waals surface area contributed by atoms with Crippen molar-refractivity contribution in [2.75, 3.05) is 5.32 Å². The summed E-state index contributed by atoms with van der Waals surface area (Å²) < 4.78 is 6.58. The van der Waals surface area contributed by atoms with Gasteiger partial charge in [0, 0.05) is 15.5 Å². The van der Waals surface area contributed by atoms with Crippen molar-refractivity contribution in [2.24, 2.45) is 0 Å². The smallest absolute Gasteiger partial charge is 0.291 e. The molecule has 1 N–H and O–H groups in total. The maximum absolute atomic E-state index is 12.3. The van der Waals surface area contributed by atoms with Gasteiger partial charge >= 0.3 is 0 Å². The van der Waals surface area contributed by atoms with Gasteiger partial charge in [0.15, 0.2) is 5.76 Å². The second kappa shape index (κ2) is 5.37. The third-order valence-electron chi connectivity index (χ3n) is 3.33. The number of amides is 1. The Hall–Kier alpha value is -2.07. The van der Waals surface area contributed by atoms with Gasteiger partial charge in [0.1, 0.15) is 5.58 Å². The number of benzene rings is 2. The molecule has 3 rings (SSSR count). The number of carbonyl (C=O) groups is 1. The van der Waals surface area contributed by atoms with Gasteiger partial charge in [-0.15, -0.1) is 0 Å². The van der Waals surface area contributed by atoms with Crippen LogP contribution < -0.4 is 5.32 Å². The Bertz CT molecular complexity index is 836. The van der Waals surface area contributed by atoms with Crippen LogP contribution in [0.3, 0.4) is 0 Å². The number of hydrogen-bond donors (Lipinski definition) is 1. The molecule has 0 saturated carbocycles. The normalized spacial score (nSPS) is 10.8.